The molecule has 1 aromatic carbocycles. The van der Waals surface area contributed by atoms with Crippen LogP contribution in [-0.2, 0) is 0 Å². The molecule has 4 aromatic heterocycles. The highest BCUT2D eigenvalue weighted by Gasteiger charge is 2.27. The lowest BCUT2D eigenvalue weighted by Gasteiger charge is -2.08. The van der Waals surface area contributed by atoms with Crippen molar-refractivity contribution in [2.45, 2.75) is 0 Å². The number of imidazole rings is 1. The fourth-order valence-corrected chi connectivity index (χ4v) is 3.61. The van der Waals surface area contributed by atoms with E-state index in [2.05, 4.69) is 75.4 Å². The van der Waals surface area contributed by atoms with Crippen LogP contribution in [0.3, 0.4) is 0 Å². The number of rotatable bonds is 2. The molecule has 5 rings (SSSR count). The van der Waals surface area contributed by atoms with Crippen molar-refractivity contribution < 1.29 is 4.40 Å². The second-order valence-electron chi connectivity index (χ2n) is 6.50. The minimum atomic E-state index is 0.873. The zero-order valence-electron chi connectivity index (χ0n) is 14.7. The molecule has 0 bridgehead atoms. The Morgan fingerprint density at radius 2 is 1.73 bits per heavy atom. The number of benzene rings is 1. The van der Waals surface area contributed by atoms with E-state index in [4.69, 9.17) is 4.98 Å². The van der Waals surface area contributed by atoms with Crippen LogP contribution in [0.1, 0.15) is 0 Å². The fourth-order valence-electron chi connectivity index (χ4n) is 3.61. The fraction of sp³-hybridized carbons (Fsp3) is 0.0952. The largest absolute Gasteiger partial charge is 0.370 e. The molecule has 4 heterocycles. The first-order valence-corrected chi connectivity index (χ1v) is 8.58. The molecule has 0 fully saturated rings. The summed E-state index contributed by atoms with van der Waals surface area (Å²) in [4.78, 5) is 11.7. The zero-order valence-corrected chi connectivity index (χ0v) is 14.7. The average molecular weight is 340 g/mol. The Labute approximate surface area is 150 Å². The molecular formula is C21H18N5+. The maximum atomic E-state index is 4.98. The summed E-state index contributed by atoms with van der Waals surface area (Å²) < 4.78 is 4.48. The summed E-state index contributed by atoms with van der Waals surface area (Å²) in [6.45, 7) is 0. The molecule has 0 amide bonds. The second-order valence-corrected chi connectivity index (χ2v) is 6.50. The molecule has 0 aliphatic rings. The molecule has 0 aliphatic carbocycles. The maximum Gasteiger partial charge on any atom is 0.370 e. The van der Waals surface area contributed by atoms with Crippen molar-refractivity contribution in [1.29, 1.82) is 0 Å². The lowest BCUT2D eigenvalue weighted by Crippen LogP contribution is -2.29. The highest BCUT2D eigenvalue weighted by atomic mass is 15.3. The van der Waals surface area contributed by atoms with Crippen LogP contribution in [0, 0.1) is 0 Å². The van der Waals surface area contributed by atoms with Crippen molar-refractivity contribution in [3.05, 3.63) is 73.1 Å². The van der Waals surface area contributed by atoms with Gasteiger partial charge in [-0.3, -0.25) is 9.88 Å². The Morgan fingerprint density at radius 1 is 0.923 bits per heavy atom. The molecule has 0 aliphatic heterocycles. The van der Waals surface area contributed by atoms with E-state index in [-0.39, 0.29) is 0 Å². The molecule has 0 radical (unpaired) electrons. The molecule has 126 valence electrons. The van der Waals surface area contributed by atoms with Crippen molar-refractivity contribution in [3.63, 3.8) is 0 Å². The second kappa shape index (κ2) is 5.52. The average Bonchev–Trinajstić information content (AvgIpc) is 3.04. The van der Waals surface area contributed by atoms with Crippen molar-refractivity contribution in [2.75, 3.05) is 19.0 Å². The smallest absolute Gasteiger partial charge is 0.269 e. The van der Waals surface area contributed by atoms with Crippen molar-refractivity contribution in [3.8, 4) is 11.4 Å². The van der Waals surface area contributed by atoms with Gasteiger partial charge in [0.05, 0.1) is 26.0 Å². The number of para-hydroxylation sites is 2. The van der Waals surface area contributed by atoms with Gasteiger partial charge in [0.2, 0.25) is 0 Å². The molecule has 5 heteroatoms. The number of aromatic nitrogens is 4. The number of pyridine rings is 2. The van der Waals surface area contributed by atoms with Crippen LogP contribution in [-0.4, -0.2) is 28.5 Å². The lowest BCUT2D eigenvalue weighted by molar-refractivity contribution is -0.497. The normalized spacial score (nSPS) is 11.5. The third-order valence-corrected chi connectivity index (χ3v) is 4.63. The van der Waals surface area contributed by atoms with E-state index in [1.54, 1.807) is 0 Å². The van der Waals surface area contributed by atoms with E-state index < -0.39 is 0 Å². The monoisotopic (exact) mass is 340 g/mol. The van der Waals surface area contributed by atoms with E-state index in [9.17, 15) is 0 Å². The SMILES string of the molecule is CN(C)c1n2c3ccccc3nc(-c3ccccn3)c2c2cccc[n+]12. The summed E-state index contributed by atoms with van der Waals surface area (Å²) in [6, 6.07) is 20.4. The Hall–Kier alpha value is -3.47. The van der Waals surface area contributed by atoms with E-state index >= 15 is 0 Å². The van der Waals surface area contributed by atoms with Gasteiger partial charge >= 0.3 is 5.95 Å². The number of hydrogen-bond donors (Lipinski definition) is 0. The van der Waals surface area contributed by atoms with Crippen LogP contribution in [0.4, 0.5) is 5.95 Å². The van der Waals surface area contributed by atoms with E-state index in [1.165, 1.54) is 0 Å². The third kappa shape index (κ3) is 2.00. The van der Waals surface area contributed by atoms with Crippen LogP contribution in [0.2, 0.25) is 0 Å². The zero-order chi connectivity index (χ0) is 17.7. The summed E-state index contributed by atoms with van der Waals surface area (Å²) >= 11 is 0. The first-order valence-electron chi connectivity index (χ1n) is 8.58. The predicted molar refractivity (Wildman–Crippen MR) is 103 cm³/mol. The van der Waals surface area contributed by atoms with Crippen LogP contribution in [0.25, 0.3) is 33.5 Å². The van der Waals surface area contributed by atoms with Gasteiger partial charge in [-0.25, -0.2) is 9.38 Å². The highest BCUT2D eigenvalue weighted by Crippen LogP contribution is 2.30. The van der Waals surface area contributed by atoms with Crippen LogP contribution in [0.15, 0.2) is 73.1 Å². The number of fused-ring (bicyclic) bond motifs is 5. The number of hydrogen-bond acceptors (Lipinski definition) is 3. The van der Waals surface area contributed by atoms with Crippen molar-refractivity contribution >= 4 is 28.0 Å². The third-order valence-electron chi connectivity index (χ3n) is 4.63. The van der Waals surface area contributed by atoms with E-state index in [0.29, 0.717) is 0 Å². The predicted octanol–water partition coefficient (Wildman–Crippen LogP) is 3.35. The van der Waals surface area contributed by atoms with Gasteiger partial charge in [-0.1, -0.05) is 24.3 Å². The Morgan fingerprint density at radius 3 is 2.54 bits per heavy atom. The van der Waals surface area contributed by atoms with Crippen molar-refractivity contribution in [2.24, 2.45) is 0 Å². The Kier molecular flexibility index (Phi) is 3.15. The van der Waals surface area contributed by atoms with Gasteiger partial charge in [0.1, 0.15) is 22.2 Å². The van der Waals surface area contributed by atoms with Crippen LogP contribution in [0.5, 0.6) is 0 Å². The Balaban J connectivity index is 2.11. The van der Waals surface area contributed by atoms with Crippen molar-refractivity contribution in [1.82, 2.24) is 14.4 Å². The molecule has 0 saturated heterocycles. The topological polar surface area (TPSA) is 37.5 Å². The molecule has 26 heavy (non-hydrogen) atoms. The number of nitrogens with zero attached hydrogens (tertiary/aromatic N) is 5. The number of anilines is 1. The van der Waals surface area contributed by atoms with E-state index in [0.717, 1.165) is 39.4 Å². The summed E-state index contributed by atoms with van der Waals surface area (Å²) in [5.41, 5.74) is 5.96. The molecule has 5 aromatic rings. The molecule has 0 unspecified atom stereocenters. The molecule has 0 spiro atoms. The maximum absolute atomic E-state index is 4.98. The first kappa shape index (κ1) is 14.8. The molecule has 0 N–H and O–H groups in total. The quantitative estimate of drug-likeness (QED) is 0.463. The summed E-state index contributed by atoms with van der Waals surface area (Å²) in [5, 5.41) is 0. The van der Waals surface area contributed by atoms with Crippen LogP contribution < -0.4 is 9.30 Å². The minimum Gasteiger partial charge on any atom is -0.269 e. The molecular weight excluding hydrogens is 322 g/mol. The van der Waals surface area contributed by atoms with Gasteiger partial charge in [0.25, 0.3) is 0 Å². The van der Waals surface area contributed by atoms with Gasteiger partial charge < -0.3 is 0 Å². The van der Waals surface area contributed by atoms with Crippen LogP contribution >= 0.6 is 0 Å². The molecule has 0 atom stereocenters. The standard InChI is InChI=1S/C21H18N5/c1-24(2)21-25-14-8-6-12-18(25)20-19(16-10-5-7-13-22-16)23-15-9-3-4-11-17(15)26(20)21/h3-14H,1-2H3/q+1. The Bertz CT molecular complexity index is 1260. The summed E-state index contributed by atoms with van der Waals surface area (Å²) in [6.07, 6.45) is 3.91. The minimum absolute atomic E-state index is 0.873. The molecule has 5 nitrogen and oxygen atoms in total. The van der Waals surface area contributed by atoms with Gasteiger partial charge in [0, 0.05) is 6.20 Å². The van der Waals surface area contributed by atoms with Gasteiger partial charge in [-0.15, -0.1) is 0 Å². The van der Waals surface area contributed by atoms with Gasteiger partial charge in [0.15, 0.2) is 5.52 Å². The summed E-state index contributed by atoms with van der Waals surface area (Å²) in [5.74, 6) is 1.08. The van der Waals surface area contributed by atoms with E-state index in [1.807, 2.05) is 30.5 Å². The summed E-state index contributed by atoms with van der Waals surface area (Å²) in [7, 11) is 4.13. The molecule has 0 saturated carbocycles. The first-order chi connectivity index (χ1) is 12.8. The van der Waals surface area contributed by atoms with Gasteiger partial charge in [-0.05, 0) is 36.4 Å². The highest BCUT2D eigenvalue weighted by molar-refractivity contribution is 5.94. The van der Waals surface area contributed by atoms with Gasteiger partial charge in [-0.2, -0.15) is 4.40 Å². The lowest BCUT2D eigenvalue weighted by atomic mass is 10.2.